The molecular formula is C32H24FN7. The molecule has 5 aromatic heterocycles. The predicted molar refractivity (Wildman–Crippen MR) is 155 cm³/mol. The van der Waals surface area contributed by atoms with Crippen LogP contribution >= 0.6 is 0 Å². The predicted octanol–water partition coefficient (Wildman–Crippen LogP) is 6.66. The first-order valence-electron chi connectivity index (χ1n) is 13.0. The first-order valence-corrected chi connectivity index (χ1v) is 13.0. The Kier molecular flexibility index (Phi) is 6.07. The fourth-order valence-electron chi connectivity index (χ4n) is 4.99. The fraction of sp³-hybridized carbons (Fsp3) is 0.0625. The highest BCUT2D eigenvalue weighted by Crippen LogP contribution is 2.34. The van der Waals surface area contributed by atoms with Gasteiger partial charge in [-0.3, -0.25) is 15.1 Å². The number of hydrogen-bond donors (Lipinski definition) is 3. The fourth-order valence-corrected chi connectivity index (χ4v) is 4.99. The third kappa shape index (κ3) is 4.50. The summed E-state index contributed by atoms with van der Waals surface area (Å²) in [7, 11) is 0. The molecule has 7 rings (SSSR count). The third-order valence-corrected chi connectivity index (χ3v) is 6.96. The lowest BCUT2D eigenvalue weighted by atomic mass is 10.0. The zero-order valence-corrected chi connectivity index (χ0v) is 21.4. The van der Waals surface area contributed by atoms with Crippen molar-refractivity contribution >= 4 is 21.9 Å². The Hall–Kier alpha value is -5.21. The molecule has 0 aliphatic rings. The zero-order chi connectivity index (χ0) is 26.9. The van der Waals surface area contributed by atoms with Gasteiger partial charge in [0.25, 0.3) is 0 Å². The highest BCUT2D eigenvalue weighted by Gasteiger charge is 2.17. The van der Waals surface area contributed by atoms with Crippen molar-refractivity contribution in [1.29, 1.82) is 0 Å². The number of pyridine rings is 3. The Bertz CT molecular complexity index is 1960. The lowest BCUT2D eigenvalue weighted by Crippen LogP contribution is -2.12. The number of aromatic amines is 2. The Balaban J connectivity index is 1.21. The molecule has 0 unspecified atom stereocenters. The molecule has 40 heavy (non-hydrogen) atoms. The van der Waals surface area contributed by atoms with Crippen molar-refractivity contribution in [3.63, 3.8) is 0 Å². The van der Waals surface area contributed by atoms with Gasteiger partial charge in [-0.05, 0) is 41.5 Å². The number of fused-ring (bicyclic) bond motifs is 2. The standard InChI is InChI=1S/C32H24FN7/c33-26-9-5-4-8-23(26)25-18-36-19-30-24(25)13-29(37-30)32-31-28(39-40-32)11-10-27(38-31)22-12-21(16-35-17-22)15-34-14-20-6-2-1-3-7-20/h1-13,16-19,34,37H,14-15H2,(H,39,40). The number of aromatic nitrogens is 6. The molecule has 0 spiro atoms. The molecule has 5 heterocycles. The van der Waals surface area contributed by atoms with E-state index in [1.165, 1.54) is 11.6 Å². The van der Waals surface area contributed by atoms with E-state index in [1.807, 2.05) is 54.9 Å². The van der Waals surface area contributed by atoms with E-state index >= 15 is 0 Å². The van der Waals surface area contributed by atoms with Crippen molar-refractivity contribution in [1.82, 2.24) is 35.5 Å². The number of nitrogens with one attached hydrogen (secondary N) is 3. The number of halogens is 1. The second kappa shape index (κ2) is 10.2. The van der Waals surface area contributed by atoms with E-state index in [0.29, 0.717) is 17.8 Å². The molecule has 0 bridgehead atoms. The monoisotopic (exact) mass is 525 g/mol. The Morgan fingerprint density at radius 3 is 2.45 bits per heavy atom. The summed E-state index contributed by atoms with van der Waals surface area (Å²) < 4.78 is 14.6. The van der Waals surface area contributed by atoms with E-state index < -0.39 is 0 Å². The summed E-state index contributed by atoms with van der Waals surface area (Å²) in [4.78, 5) is 17.2. The minimum atomic E-state index is -0.290. The summed E-state index contributed by atoms with van der Waals surface area (Å²) in [5.41, 5.74) is 9.06. The molecule has 0 aliphatic heterocycles. The van der Waals surface area contributed by atoms with Crippen LogP contribution in [0.25, 0.3) is 55.7 Å². The minimum absolute atomic E-state index is 0.290. The van der Waals surface area contributed by atoms with Gasteiger partial charge in [-0.1, -0.05) is 48.5 Å². The molecule has 0 atom stereocenters. The van der Waals surface area contributed by atoms with Gasteiger partial charge < -0.3 is 10.3 Å². The average molecular weight is 526 g/mol. The molecule has 0 amide bonds. The van der Waals surface area contributed by atoms with Crippen molar-refractivity contribution in [3.05, 3.63) is 121 Å². The SMILES string of the molecule is Fc1ccccc1-c1cncc2[nH]c(-c3n[nH]c4ccc(-c5cncc(CNCc6ccccc6)c5)nc34)cc12. The Labute approximate surface area is 229 Å². The van der Waals surface area contributed by atoms with E-state index in [2.05, 4.69) is 48.7 Å². The van der Waals surface area contributed by atoms with Gasteiger partial charge in [0.1, 0.15) is 17.0 Å². The summed E-state index contributed by atoms with van der Waals surface area (Å²) in [5, 5.41) is 12.0. The van der Waals surface area contributed by atoms with Crippen molar-refractivity contribution in [2.45, 2.75) is 13.1 Å². The molecule has 0 saturated carbocycles. The van der Waals surface area contributed by atoms with Gasteiger partial charge in [-0.2, -0.15) is 5.10 Å². The van der Waals surface area contributed by atoms with Crippen LogP contribution in [0.1, 0.15) is 11.1 Å². The number of hydrogen-bond acceptors (Lipinski definition) is 5. The van der Waals surface area contributed by atoms with Crippen LogP contribution < -0.4 is 5.32 Å². The number of nitrogens with zero attached hydrogens (tertiary/aromatic N) is 4. The maximum Gasteiger partial charge on any atom is 0.135 e. The third-order valence-electron chi connectivity index (χ3n) is 6.96. The van der Waals surface area contributed by atoms with Gasteiger partial charge in [-0.25, -0.2) is 9.37 Å². The second-order valence-electron chi connectivity index (χ2n) is 9.65. The van der Waals surface area contributed by atoms with E-state index in [4.69, 9.17) is 4.98 Å². The maximum atomic E-state index is 14.6. The van der Waals surface area contributed by atoms with Crippen molar-refractivity contribution in [2.24, 2.45) is 0 Å². The molecular weight excluding hydrogens is 501 g/mol. The molecule has 7 aromatic rings. The number of rotatable bonds is 7. The van der Waals surface area contributed by atoms with E-state index in [-0.39, 0.29) is 5.82 Å². The molecule has 0 saturated heterocycles. The normalized spacial score (nSPS) is 11.4. The van der Waals surface area contributed by atoms with Crippen LogP contribution in [-0.4, -0.2) is 30.1 Å². The van der Waals surface area contributed by atoms with Gasteiger partial charge >= 0.3 is 0 Å². The van der Waals surface area contributed by atoms with Crippen LogP contribution in [-0.2, 0) is 13.1 Å². The van der Waals surface area contributed by atoms with Crippen molar-refractivity contribution < 1.29 is 4.39 Å². The van der Waals surface area contributed by atoms with Crippen LogP contribution in [0.3, 0.4) is 0 Å². The first-order chi connectivity index (χ1) is 19.7. The van der Waals surface area contributed by atoms with Gasteiger partial charge in [0.15, 0.2) is 0 Å². The summed E-state index contributed by atoms with van der Waals surface area (Å²) in [6.07, 6.45) is 7.12. The van der Waals surface area contributed by atoms with Crippen LogP contribution in [0, 0.1) is 5.82 Å². The largest absolute Gasteiger partial charge is 0.352 e. The summed E-state index contributed by atoms with van der Waals surface area (Å²) in [5.74, 6) is -0.290. The van der Waals surface area contributed by atoms with E-state index in [0.717, 1.165) is 56.6 Å². The Morgan fingerprint density at radius 1 is 0.725 bits per heavy atom. The molecule has 7 nitrogen and oxygen atoms in total. The van der Waals surface area contributed by atoms with Crippen LogP contribution in [0.5, 0.6) is 0 Å². The summed E-state index contributed by atoms with van der Waals surface area (Å²) in [6.45, 7) is 1.48. The van der Waals surface area contributed by atoms with Crippen molar-refractivity contribution in [3.8, 4) is 33.8 Å². The molecule has 0 radical (unpaired) electrons. The summed E-state index contributed by atoms with van der Waals surface area (Å²) >= 11 is 0. The number of benzene rings is 2. The van der Waals surface area contributed by atoms with Crippen LogP contribution in [0.4, 0.5) is 4.39 Å². The van der Waals surface area contributed by atoms with Gasteiger partial charge in [0.05, 0.1) is 28.6 Å². The molecule has 2 aromatic carbocycles. The average Bonchev–Trinajstić information content (AvgIpc) is 3.62. The minimum Gasteiger partial charge on any atom is -0.352 e. The Morgan fingerprint density at radius 2 is 1.55 bits per heavy atom. The smallest absolute Gasteiger partial charge is 0.135 e. The topological polar surface area (TPSA) is 95.2 Å². The maximum absolute atomic E-state index is 14.6. The van der Waals surface area contributed by atoms with Crippen molar-refractivity contribution in [2.75, 3.05) is 0 Å². The highest BCUT2D eigenvalue weighted by atomic mass is 19.1. The zero-order valence-electron chi connectivity index (χ0n) is 21.4. The molecule has 0 fully saturated rings. The molecule has 0 aliphatic carbocycles. The molecule has 194 valence electrons. The molecule has 3 N–H and O–H groups in total. The van der Waals surface area contributed by atoms with E-state index in [1.54, 1.807) is 24.5 Å². The lowest BCUT2D eigenvalue weighted by molar-refractivity contribution is 0.631. The van der Waals surface area contributed by atoms with E-state index in [9.17, 15) is 4.39 Å². The second-order valence-corrected chi connectivity index (χ2v) is 9.65. The highest BCUT2D eigenvalue weighted by molar-refractivity contribution is 6.00. The van der Waals surface area contributed by atoms with Gasteiger partial charge in [-0.15, -0.1) is 0 Å². The quantitative estimate of drug-likeness (QED) is 0.216. The first kappa shape index (κ1) is 23.9. The van der Waals surface area contributed by atoms with Gasteiger partial charge in [0.2, 0.25) is 0 Å². The lowest BCUT2D eigenvalue weighted by Gasteiger charge is -2.07. The number of H-pyrrole nitrogens is 2. The molecule has 8 heteroatoms. The van der Waals surface area contributed by atoms with Crippen LogP contribution in [0.15, 0.2) is 104 Å². The van der Waals surface area contributed by atoms with Gasteiger partial charge in [0, 0.05) is 53.8 Å². The van der Waals surface area contributed by atoms with Crippen LogP contribution in [0.2, 0.25) is 0 Å². The summed E-state index contributed by atoms with van der Waals surface area (Å²) in [6, 6.07) is 25.1.